The molecule has 1 amide bonds. The number of aromatic nitrogens is 1. The first-order valence-corrected chi connectivity index (χ1v) is 8.46. The molecule has 0 aliphatic carbocycles. The summed E-state index contributed by atoms with van der Waals surface area (Å²) in [5, 5.41) is 0. The van der Waals surface area contributed by atoms with Gasteiger partial charge in [-0.15, -0.1) is 0 Å². The number of benzene rings is 1. The lowest BCUT2D eigenvalue weighted by atomic mass is 10.2. The summed E-state index contributed by atoms with van der Waals surface area (Å²) in [6.45, 7) is 3.20. The van der Waals surface area contributed by atoms with Crippen LogP contribution in [0.25, 0.3) is 0 Å². The molecule has 0 radical (unpaired) electrons. The monoisotopic (exact) mass is 343 g/mol. The SMILES string of the molecule is Cn1cccc1C(=O)C(=O)N1CCCN(Cc2cccc(F)c2)CC1. The summed E-state index contributed by atoms with van der Waals surface area (Å²) in [6, 6.07) is 9.99. The second kappa shape index (κ2) is 7.61. The molecule has 1 aromatic heterocycles. The van der Waals surface area contributed by atoms with Gasteiger partial charge in [-0.1, -0.05) is 12.1 Å². The zero-order valence-electron chi connectivity index (χ0n) is 14.3. The Labute approximate surface area is 146 Å². The van der Waals surface area contributed by atoms with Gasteiger partial charge in [0, 0.05) is 46.0 Å². The van der Waals surface area contributed by atoms with E-state index in [-0.39, 0.29) is 5.82 Å². The van der Waals surface area contributed by atoms with E-state index in [0.29, 0.717) is 31.9 Å². The normalized spacial score (nSPS) is 15.8. The largest absolute Gasteiger partial charge is 0.348 e. The van der Waals surface area contributed by atoms with Crippen molar-refractivity contribution in [1.29, 1.82) is 0 Å². The average molecular weight is 343 g/mol. The van der Waals surface area contributed by atoms with Crippen molar-refractivity contribution in [3.63, 3.8) is 0 Å². The van der Waals surface area contributed by atoms with Gasteiger partial charge in [0.25, 0.3) is 11.7 Å². The quantitative estimate of drug-likeness (QED) is 0.631. The Kier molecular flexibility index (Phi) is 5.28. The molecule has 0 N–H and O–H groups in total. The van der Waals surface area contributed by atoms with Crippen molar-refractivity contribution in [1.82, 2.24) is 14.4 Å². The maximum absolute atomic E-state index is 13.3. The van der Waals surface area contributed by atoms with E-state index in [1.807, 2.05) is 6.07 Å². The Balaban J connectivity index is 1.60. The lowest BCUT2D eigenvalue weighted by Gasteiger charge is -2.21. The number of amides is 1. The first kappa shape index (κ1) is 17.4. The van der Waals surface area contributed by atoms with Crippen LogP contribution in [0.2, 0.25) is 0 Å². The number of hydrogen-bond acceptors (Lipinski definition) is 3. The van der Waals surface area contributed by atoms with Crippen LogP contribution in [0.3, 0.4) is 0 Å². The zero-order chi connectivity index (χ0) is 17.8. The number of nitrogens with zero attached hydrogens (tertiary/aromatic N) is 3. The molecule has 1 aromatic carbocycles. The van der Waals surface area contributed by atoms with E-state index in [0.717, 1.165) is 18.5 Å². The summed E-state index contributed by atoms with van der Waals surface area (Å²) in [4.78, 5) is 28.7. The Morgan fingerprint density at radius 1 is 1.08 bits per heavy atom. The number of hydrogen-bond donors (Lipinski definition) is 0. The zero-order valence-corrected chi connectivity index (χ0v) is 14.3. The van der Waals surface area contributed by atoms with Crippen LogP contribution in [-0.2, 0) is 18.4 Å². The Bertz CT molecular complexity index is 772. The Morgan fingerprint density at radius 2 is 1.92 bits per heavy atom. The fourth-order valence-electron chi connectivity index (χ4n) is 3.18. The van der Waals surface area contributed by atoms with Gasteiger partial charge in [-0.05, 0) is 36.2 Å². The van der Waals surface area contributed by atoms with Crippen molar-refractivity contribution >= 4 is 11.7 Å². The molecular formula is C19H22FN3O2. The number of carbonyl (C=O) groups is 2. The number of halogens is 1. The summed E-state index contributed by atoms with van der Waals surface area (Å²) < 4.78 is 15.0. The van der Waals surface area contributed by atoms with Gasteiger partial charge < -0.3 is 9.47 Å². The standard InChI is InChI=1S/C19H22FN3O2/c1-21-8-3-7-17(21)18(24)19(25)23-10-4-9-22(11-12-23)14-15-5-2-6-16(20)13-15/h2-3,5-8,13H,4,9-12,14H2,1H3. The van der Waals surface area contributed by atoms with Crippen LogP contribution in [-0.4, -0.2) is 52.2 Å². The van der Waals surface area contributed by atoms with Crippen LogP contribution in [0.1, 0.15) is 22.5 Å². The van der Waals surface area contributed by atoms with Crippen molar-refractivity contribution < 1.29 is 14.0 Å². The van der Waals surface area contributed by atoms with E-state index in [2.05, 4.69) is 4.90 Å². The third-order valence-electron chi connectivity index (χ3n) is 4.54. The predicted octanol–water partition coefficient (Wildman–Crippen LogP) is 2.08. The molecule has 0 spiro atoms. The predicted molar refractivity (Wildman–Crippen MR) is 92.6 cm³/mol. The Hall–Kier alpha value is -2.47. The van der Waals surface area contributed by atoms with E-state index < -0.39 is 11.7 Å². The maximum atomic E-state index is 13.3. The van der Waals surface area contributed by atoms with Crippen LogP contribution in [0.4, 0.5) is 4.39 Å². The second-order valence-corrected chi connectivity index (χ2v) is 6.39. The van der Waals surface area contributed by atoms with Crippen LogP contribution in [0.5, 0.6) is 0 Å². The number of carbonyl (C=O) groups excluding carboxylic acids is 2. The molecule has 5 nitrogen and oxygen atoms in total. The average Bonchev–Trinajstić information content (AvgIpc) is 2.88. The highest BCUT2D eigenvalue weighted by Crippen LogP contribution is 2.12. The molecule has 132 valence electrons. The minimum Gasteiger partial charge on any atom is -0.348 e. The lowest BCUT2D eigenvalue weighted by molar-refractivity contribution is -0.126. The van der Waals surface area contributed by atoms with Crippen molar-refractivity contribution in [3.05, 3.63) is 59.7 Å². The molecule has 1 aliphatic heterocycles. The van der Waals surface area contributed by atoms with E-state index in [4.69, 9.17) is 0 Å². The summed E-state index contributed by atoms with van der Waals surface area (Å²) in [5.74, 6) is -1.15. The van der Waals surface area contributed by atoms with Gasteiger partial charge >= 0.3 is 0 Å². The van der Waals surface area contributed by atoms with Gasteiger partial charge in [0.05, 0.1) is 5.69 Å². The molecule has 1 saturated heterocycles. The Morgan fingerprint density at radius 3 is 2.64 bits per heavy atom. The topological polar surface area (TPSA) is 45.6 Å². The van der Waals surface area contributed by atoms with E-state index in [1.165, 1.54) is 12.1 Å². The van der Waals surface area contributed by atoms with Gasteiger partial charge in [-0.3, -0.25) is 14.5 Å². The highest BCUT2D eigenvalue weighted by Gasteiger charge is 2.26. The van der Waals surface area contributed by atoms with Gasteiger partial charge in [0.15, 0.2) is 0 Å². The second-order valence-electron chi connectivity index (χ2n) is 6.39. The number of Topliss-reactive ketones (excluding diaryl/α,β-unsaturated/α-hetero) is 1. The van der Waals surface area contributed by atoms with Crippen molar-refractivity contribution in [3.8, 4) is 0 Å². The third kappa shape index (κ3) is 4.14. The van der Waals surface area contributed by atoms with E-state index >= 15 is 0 Å². The van der Waals surface area contributed by atoms with Crippen molar-refractivity contribution in [2.24, 2.45) is 7.05 Å². The van der Waals surface area contributed by atoms with Gasteiger partial charge in [-0.2, -0.15) is 0 Å². The summed E-state index contributed by atoms with van der Waals surface area (Å²) in [7, 11) is 1.75. The first-order chi connectivity index (χ1) is 12.0. The van der Waals surface area contributed by atoms with Crippen LogP contribution < -0.4 is 0 Å². The fourth-order valence-corrected chi connectivity index (χ4v) is 3.18. The third-order valence-corrected chi connectivity index (χ3v) is 4.54. The molecule has 6 heteroatoms. The maximum Gasteiger partial charge on any atom is 0.296 e. The van der Waals surface area contributed by atoms with Crippen LogP contribution in [0.15, 0.2) is 42.6 Å². The van der Waals surface area contributed by atoms with E-state index in [9.17, 15) is 14.0 Å². The number of aryl methyl sites for hydroxylation is 1. The summed E-state index contributed by atoms with van der Waals surface area (Å²) in [5.41, 5.74) is 1.32. The molecule has 0 unspecified atom stereocenters. The minimum atomic E-state index is -0.467. The molecule has 1 aliphatic rings. The molecule has 0 atom stereocenters. The summed E-state index contributed by atoms with van der Waals surface area (Å²) in [6.07, 6.45) is 2.55. The minimum absolute atomic E-state index is 0.239. The molecule has 3 rings (SSSR count). The van der Waals surface area contributed by atoms with Crippen LogP contribution in [0, 0.1) is 5.82 Å². The molecule has 2 aromatic rings. The molecule has 0 saturated carbocycles. The smallest absolute Gasteiger partial charge is 0.296 e. The fraction of sp³-hybridized carbons (Fsp3) is 0.368. The molecule has 25 heavy (non-hydrogen) atoms. The number of ketones is 1. The highest BCUT2D eigenvalue weighted by atomic mass is 19.1. The van der Waals surface area contributed by atoms with Gasteiger partial charge in [0.2, 0.25) is 0 Å². The molecule has 1 fully saturated rings. The lowest BCUT2D eigenvalue weighted by Crippen LogP contribution is -2.39. The molecule has 2 heterocycles. The summed E-state index contributed by atoms with van der Waals surface area (Å²) >= 11 is 0. The number of rotatable bonds is 4. The van der Waals surface area contributed by atoms with E-state index in [1.54, 1.807) is 40.9 Å². The molecule has 0 bridgehead atoms. The molecular weight excluding hydrogens is 321 g/mol. The first-order valence-electron chi connectivity index (χ1n) is 8.46. The van der Waals surface area contributed by atoms with Gasteiger partial charge in [0.1, 0.15) is 5.82 Å². The van der Waals surface area contributed by atoms with Crippen molar-refractivity contribution in [2.75, 3.05) is 26.2 Å². The van der Waals surface area contributed by atoms with Crippen molar-refractivity contribution in [2.45, 2.75) is 13.0 Å². The van der Waals surface area contributed by atoms with Crippen LogP contribution >= 0.6 is 0 Å². The highest BCUT2D eigenvalue weighted by molar-refractivity contribution is 6.42. The van der Waals surface area contributed by atoms with Gasteiger partial charge in [-0.25, -0.2) is 4.39 Å².